The summed E-state index contributed by atoms with van der Waals surface area (Å²) in [6, 6.07) is -0.238. The predicted octanol–water partition coefficient (Wildman–Crippen LogP) is 1.64. The Morgan fingerprint density at radius 1 is 1.53 bits per heavy atom. The molecule has 2 N–H and O–H groups in total. The number of aliphatic hydroxyl groups is 1. The minimum Gasteiger partial charge on any atom is -0.394 e. The Kier molecular flexibility index (Phi) is 5.29. The molecule has 0 aliphatic carbocycles. The first kappa shape index (κ1) is 13.9. The molecule has 1 atom stereocenters. The number of allylic oxidation sites excluding steroid dienone is 2. The molecular weight excluding hydrogens is 190 g/mol. The first-order valence-electron chi connectivity index (χ1n) is 5.04. The van der Waals surface area contributed by atoms with Crippen LogP contribution in [0.25, 0.3) is 0 Å². The second-order valence-electron chi connectivity index (χ2n) is 4.66. The highest BCUT2D eigenvalue weighted by atomic mass is 16.3. The van der Waals surface area contributed by atoms with Gasteiger partial charge >= 0.3 is 0 Å². The summed E-state index contributed by atoms with van der Waals surface area (Å²) in [6.07, 6.45) is 3.21. The summed E-state index contributed by atoms with van der Waals surface area (Å²) in [4.78, 5) is 11.6. The van der Waals surface area contributed by atoms with Gasteiger partial charge in [0.2, 0.25) is 5.91 Å². The van der Waals surface area contributed by atoms with Crippen molar-refractivity contribution in [1.29, 1.82) is 0 Å². The van der Waals surface area contributed by atoms with Crippen molar-refractivity contribution in [2.45, 2.75) is 33.7 Å². The summed E-state index contributed by atoms with van der Waals surface area (Å²) in [5, 5.41) is 12.0. The molecule has 0 saturated carbocycles. The minimum absolute atomic E-state index is 0.0589. The molecule has 86 valence electrons. The summed E-state index contributed by atoms with van der Waals surface area (Å²) >= 11 is 0. The number of rotatable bonds is 4. The van der Waals surface area contributed by atoms with Gasteiger partial charge in [0.1, 0.15) is 0 Å². The van der Waals surface area contributed by atoms with E-state index >= 15 is 0 Å². The minimum atomic E-state index is -0.238. The summed E-state index contributed by atoms with van der Waals surface area (Å²) in [6.45, 7) is 11.1. The van der Waals surface area contributed by atoms with Gasteiger partial charge in [-0.1, -0.05) is 39.5 Å². The lowest BCUT2D eigenvalue weighted by molar-refractivity contribution is -0.119. The van der Waals surface area contributed by atoms with E-state index in [0.717, 1.165) is 0 Å². The Morgan fingerprint density at radius 2 is 2.07 bits per heavy atom. The zero-order chi connectivity index (χ0) is 12.1. The van der Waals surface area contributed by atoms with Crippen LogP contribution >= 0.6 is 0 Å². The third-order valence-electron chi connectivity index (χ3n) is 2.26. The molecule has 0 aromatic rings. The molecule has 0 unspecified atom stereocenters. The number of hydrogen-bond acceptors (Lipinski definition) is 2. The SMILES string of the molecule is C=CC=C(C)C(=O)N[C@H](CO)C(C)(C)C. The highest BCUT2D eigenvalue weighted by Crippen LogP contribution is 2.18. The van der Waals surface area contributed by atoms with Crippen LogP contribution in [0.3, 0.4) is 0 Å². The largest absolute Gasteiger partial charge is 0.394 e. The molecule has 0 saturated heterocycles. The van der Waals surface area contributed by atoms with Crippen LogP contribution in [-0.4, -0.2) is 23.7 Å². The monoisotopic (exact) mass is 211 g/mol. The number of hydrogen-bond donors (Lipinski definition) is 2. The van der Waals surface area contributed by atoms with E-state index in [-0.39, 0.29) is 24.0 Å². The Morgan fingerprint density at radius 3 is 2.40 bits per heavy atom. The fourth-order valence-electron chi connectivity index (χ4n) is 1.06. The van der Waals surface area contributed by atoms with E-state index in [4.69, 9.17) is 5.11 Å². The molecule has 0 bridgehead atoms. The number of nitrogens with one attached hydrogen (secondary N) is 1. The second-order valence-corrected chi connectivity index (χ2v) is 4.66. The van der Waals surface area contributed by atoms with Gasteiger partial charge in [-0.3, -0.25) is 4.79 Å². The van der Waals surface area contributed by atoms with Crippen molar-refractivity contribution in [2.24, 2.45) is 5.41 Å². The molecule has 0 aromatic heterocycles. The zero-order valence-corrected chi connectivity index (χ0v) is 10.0. The quantitative estimate of drug-likeness (QED) is 0.548. The summed E-state index contributed by atoms with van der Waals surface area (Å²) < 4.78 is 0. The molecule has 15 heavy (non-hydrogen) atoms. The highest BCUT2D eigenvalue weighted by Gasteiger charge is 2.25. The van der Waals surface area contributed by atoms with Gasteiger partial charge in [-0.05, 0) is 12.3 Å². The number of aliphatic hydroxyl groups excluding tert-OH is 1. The average Bonchev–Trinajstić information content (AvgIpc) is 2.12. The van der Waals surface area contributed by atoms with Gasteiger partial charge in [-0.25, -0.2) is 0 Å². The Labute approximate surface area is 91.9 Å². The van der Waals surface area contributed by atoms with Gasteiger partial charge in [-0.15, -0.1) is 0 Å². The van der Waals surface area contributed by atoms with Crippen LogP contribution in [0.1, 0.15) is 27.7 Å². The molecule has 0 spiro atoms. The molecule has 3 heteroatoms. The topological polar surface area (TPSA) is 49.3 Å². The predicted molar refractivity (Wildman–Crippen MR) is 62.4 cm³/mol. The fraction of sp³-hybridized carbons (Fsp3) is 0.583. The van der Waals surface area contributed by atoms with Crippen LogP contribution in [0.15, 0.2) is 24.3 Å². The van der Waals surface area contributed by atoms with Gasteiger partial charge < -0.3 is 10.4 Å². The van der Waals surface area contributed by atoms with Crippen molar-refractivity contribution in [3.8, 4) is 0 Å². The van der Waals surface area contributed by atoms with Crippen LogP contribution in [0, 0.1) is 5.41 Å². The van der Waals surface area contributed by atoms with Crippen molar-refractivity contribution in [3.63, 3.8) is 0 Å². The van der Waals surface area contributed by atoms with E-state index in [2.05, 4.69) is 11.9 Å². The molecule has 1 amide bonds. The third-order valence-corrected chi connectivity index (χ3v) is 2.26. The van der Waals surface area contributed by atoms with Crippen molar-refractivity contribution in [2.75, 3.05) is 6.61 Å². The van der Waals surface area contributed by atoms with Gasteiger partial charge in [0.05, 0.1) is 12.6 Å². The molecule has 0 aromatic carbocycles. The lowest BCUT2D eigenvalue weighted by Crippen LogP contribution is -2.46. The van der Waals surface area contributed by atoms with Crippen molar-refractivity contribution in [3.05, 3.63) is 24.3 Å². The second kappa shape index (κ2) is 5.71. The van der Waals surface area contributed by atoms with E-state index in [0.29, 0.717) is 5.57 Å². The van der Waals surface area contributed by atoms with E-state index < -0.39 is 0 Å². The lowest BCUT2D eigenvalue weighted by atomic mass is 9.87. The first-order valence-corrected chi connectivity index (χ1v) is 5.04. The average molecular weight is 211 g/mol. The molecule has 0 rings (SSSR count). The van der Waals surface area contributed by atoms with Crippen LogP contribution in [0.4, 0.5) is 0 Å². The van der Waals surface area contributed by atoms with Crippen LogP contribution in [0.2, 0.25) is 0 Å². The normalized spacial score (nSPS) is 14.6. The van der Waals surface area contributed by atoms with Crippen LogP contribution in [-0.2, 0) is 4.79 Å². The molecular formula is C12H21NO2. The number of amides is 1. The van der Waals surface area contributed by atoms with Crippen molar-refractivity contribution >= 4 is 5.91 Å². The van der Waals surface area contributed by atoms with E-state index in [1.54, 1.807) is 19.1 Å². The van der Waals surface area contributed by atoms with E-state index in [1.165, 1.54) is 0 Å². The van der Waals surface area contributed by atoms with E-state index in [9.17, 15) is 4.79 Å². The zero-order valence-electron chi connectivity index (χ0n) is 10.0. The molecule has 0 heterocycles. The summed E-state index contributed by atoms with van der Waals surface area (Å²) in [7, 11) is 0. The van der Waals surface area contributed by atoms with Gasteiger partial charge in [-0.2, -0.15) is 0 Å². The fourth-order valence-corrected chi connectivity index (χ4v) is 1.06. The molecule has 0 fully saturated rings. The van der Waals surface area contributed by atoms with Gasteiger partial charge in [0, 0.05) is 5.57 Å². The number of carbonyl (C=O) groups is 1. The Bertz CT molecular complexity index is 261. The summed E-state index contributed by atoms with van der Waals surface area (Å²) in [5.74, 6) is -0.163. The standard InChI is InChI=1S/C12H21NO2/c1-6-7-9(2)11(15)13-10(8-14)12(3,4)5/h6-7,10,14H,1,8H2,2-5H3,(H,13,15)/t10-/m1/s1. The maximum absolute atomic E-state index is 11.6. The highest BCUT2D eigenvalue weighted by molar-refractivity contribution is 5.93. The molecule has 3 nitrogen and oxygen atoms in total. The Balaban J connectivity index is 4.51. The van der Waals surface area contributed by atoms with Crippen molar-refractivity contribution in [1.82, 2.24) is 5.32 Å². The summed E-state index contributed by atoms with van der Waals surface area (Å²) in [5.41, 5.74) is 0.437. The van der Waals surface area contributed by atoms with Gasteiger partial charge in [0.15, 0.2) is 0 Å². The molecule has 0 aliphatic heterocycles. The molecule has 0 aliphatic rings. The smallest absolute Gasteiger partial charge is 0.247 e. The van der Waals surface area contributed by atoms with Crippen molar-refractivity contribution < 1.29 is 9.90 Å². The number of carbonyl (C=O) groups excluding carboxylic acids is 1. The molecule has 0 radical (unpaired) electrons. The van der Waals surface area contributed by atoms with Crippen LogP contribution < -0.4 is 5.32 Å². The Hall–Kier alpha value is -1.09. The van der Waals surface area contributed by atoms with E-state index in [1.807, 2.05) is 20.8 Å². The van der Waals surface area contributed by atoms with Gasteiger partial charge in [0.25, 0.3) is 0 Å². The maximum Gasteiger partial charge on any atom is 0.247 e. The lowest BCUT2D eigenvalue weighted by Gasteiger charge is -2.29. The first-order chi connectivity index (χ1) is 6.82. The third kappa shape index (κ3) is 4.79. The maximum atomic E-state index is 11.6. The van der Waals surface area contributed by atoms with Crippen LogP contribution in [0.5, 0.6) is 0 Å².